The summed E-state index contributed by atoms with van der Waals surface area (Å²) in [6.45, 7) is 1.18. The third-order valence-corrected chi connectivity index (χ3v) is 6.18. The zero-order valence-electron chi connectivity index (χ0n) is 12.1. The Morgan fingerprint density at radius 2 is 1.86 bits per heavy atom. The number of hydrogen-bond donors (Lipinski definition) is 0. The van der Waals surface area contributed by atoms with Crippen LogP contribution in [0, 0.1) is 3.57 Å². The van der Waals surface area contributed by atoms with Crippen molar-refractivity contribution in [2.75, 3.05) is 26.4 Å². The predicted molar refractivity (Wildman–Crippen MR) is 90.7 cm³/mol. The Balaban J connectivity index is 2.02. The summed E-state index contributed by atoms with van der Waals surface area (Å²) in [5.74, 6) is 0.0282. The summed E-state index contributed by atoms with van der Waals surface area (Å²) < 4.78 is 25.5. The van der Waals surface area contributed by atoms with Gasteiger partial charge in [-0.25, -0.2) is 12.7 Å². The first-order valence-corrected chi connectivity index (χ1v) is 9.70. The van der Waals surface area contributed by atoms with Crippen LogP contribution in [0.3, 0.4) is 0 Å². The lowest BCUT2D eigenvalue weighted by Gasteiger charge is -2.35. The Bertz CT molecular complexity index is 625. The van der Waals surface area contributed by atoms with Crippen molar-refractivity contribution in [2.45, 2.75) is 18.9 Å². The fourth-order valence-corrected chi connectivity index (χ4v) is 3.88. The highest BCUT2D eigenvalue weighted by atomic mass is 127. The van der Waals surface area contributed by atoms with E-state index in [1.807, 2.05) is 29.2 Å². The molecule has 0 bridgehead atoms. The number of nitrogens with zero attached hydrogens (tertiary/aromatic N) is 2. The molecule has 0 unspecified atom stereocenters. The summed E-state index contributed by atoms with van der Waals surface area (Å²) in [6.07, 6.45) is 2.58. The van der Waals surface area contributed by atoms with Crippen LogP contribution in [-0.4, -0.2) is 56.0 Å². The van der Waals surface area contributed by atoms with Gasteiger partial charge in [-0.15, -0.1) is 0 Å². The number of rotatable bonds is 3. The van der Waals surface area contributed by atoms with E-state index in [9.17, 15) is 13.2 Å². The first-order chi connectivity index (χ1) is 9.80. The first kappa shape index (κ1) is 16.7. The van der Waals surface area contributed by atoms with E-state index in [1.54, 1.807) is 7.05 Å². The highest BCUT2D eigenvalue weighted by Crippen LogP contribution is 2.21. The summed E-state index contributed by atoms with van der Waals surface area (Å²) >= 11 is 2.16. The first-order valence-electron chi connectivity index (χ1n) is 6.77. The van der Waals surface area contributed by atoms with Crippen molar-refractivity contribution in [1.82, 2.24) is 9.21 Å². The van der Waals surface area contributed by atoms with Gasteiger partial charge in [-0.3, -0.25) is 4.79 Å². The lowest BCUT2D eigenvalue weighted by atomic mass is 10.0. The molecule has 1 aliphatic heterocycles. The van der Waals surface area contributed by atoms with Crippen molar-refractivity contribution in [3.05, 3.63) is 33.4 Å². The number of halogens is 1. The van der Waals surface area contributed by atoms with Gasteiger partial charge in [0.2, 0.25) is 10.0 Å². The molecule has 7 heteroatoms. The second-order valence-corrected chi connectivity index (χ2v) is 8.49. The monoisotopic (exact) mass is 422 g/mol. The average molecular weight is 422 g/mol. The Morgan fingerprint density at radius 1 is 1.29 bits per heavy atom. The Kier molecular flexibility index (Phi) is 5.26. The SMILES string of the molecule is CN(C1CCN(C(=O)c2ccccc2I)CC1)S(C)(=O)=O. The molecule has 2 rings (SSSR count). The van der Waals surface area contributed by atoms with Crippen LogP contribution in [0.15, 0.2) is 24.3 Å². The molecule has 1 amide bonds. The Hall–Kier alpha value is -0.670. The normalized spacial score (nSPS) is 17.2. The van der Waals surface area contributed by atoms with Gasteiger partial charge >= 0.3 is 0 Å². The zero-order chi connectivity index (χ0) is 15.6. The number of sulfonamides is 1. The predicted octanol–water partition coefficient (Wildman–Crippen LogP) is 1.79. The summed E-state index contributed by atoms with van der Waals surface area (Å²) in [5, 5.41) is 0. The fraction of sp³-hybridized carbons (Fsp3) is 0.500. The quantitative estimate of drug-likeness (QED) is 0.699. The molecule has 1 aromatic rings. The number of piperidine rings is 1. The molecule has 1 aliphatic rings. The summed E-state index contributed by atoms with van der Waals surface area (Å²) in [6, 6.07) is 7.50. The average Bonchev–Trinajstić information content (AvgIpc) is 2.45. The molecule has 1 heterocycles. The van der Waals surface area contributed by atoms with Gasteiger partial charge in [0.15, 0.2) is 0 Å². The largest absolute Gasteiger partial charge is 0.338 e. The standard InChI is InChI=1S/C14H19IN2O3S/c1-16(21(2,19)20)11-7-9-17(10-8-11)14(18)12-5-3-4-6-13(12)15/h3-6,11H,7-10H2,1-2H3. The number of hydrogen-bond acceptors (Lipinski definition) is 3. The van der Waals surface area contributed by atoms with Crippen LogP contribution in [0.2, 0.25) is 0 Å². The van der Waals surface area contributed by atoms with E-state index >= 15 is 0 Å². The van der Waals surface area contributed by atoms with Gasteiger partial charge in [-0.05, 0) is 47.6 Å². The second kappa shape index (κ2) is 6.62. The Labute approximate surface area is 139 Å². The highest BCUT2D eigenvalue weighted by molar-refractivity contribution is 14.1. The van der Waals surface area contributed by atoms with Gasteiger partial charge in [0.1, 0.15) is 0 Å². The molecule has 0 aromatic heterocycles. The molecule has 1 saturated heterocycles. The van der Waals surface area contributed by atoms with E-state index in [0.717, 1.165) is 3.57 Å². The smallest absolute Gasteiger partial charge is 0.254 e. The van der Waals surface area contributed by atoms with Crippen LogP contribution in [-0.2, 0) is 10.0 Å². The van der Waals surface area contributed by atoms with E-state index in [1.165, 1.54) is 10.6 Å². The van der Waals surface area contributed by atoms with Crippen molar-refractivity contribution < 1.29 is 13.2 Å². The summed E-state index contributed by atoms with van der Waals surface area (Å²) in [4.78, 5) is 14.3. The van der Waals surface area contributed by atoms with Crippen LogP contribution in [0.5, 0.6) is 0 Å². The summed E-state index contributed by atoms with van der Waals surface area (Å²) in [7, 11) is -1.56. The Morgan fingerprint density at radius 3 is 2.38 bits per heavy atom. The molecule has 1 aromatic carbocycles. The third-order valence-electron chi connectivity index (χ3n) is 3.89. The molecule has 0 radical (unpaired) electrons. The molecule has 0 atom stereocenters. The maximum absolute atomic E-state index is 12.5. The number of amides is 1. The van der Waals surface area contributed by atoms with Crippen molar-refractivity contribution in [3.63, 3.8) is 0 Å². The van der Waals surface area contributed by atoms with Gasteiger partial charge < -0.3 is 4.90 Å². The van der Waals surface area contributed by atoms with E-state index in [4.69, 9.17) is 0 Å². The lowest BCUT2D eigenvalue weighted by Crippen LogP contribution is -2.47. The fourth-order valence-electron chi connectivity index (χ4n) is 2.51. The molecular weight excluding hydrogens is 403 g/mol. The van der Waals surface area contributed by atoms with Crippen LogP contribution in [0.25, 0.3) is 0 Å². The zero-order valence-corrected chi connectivity index (χ0v) is 15.1. The number of benzene rings is 1. The van der Waals surface area contributed by atoms with Gasteiger partial charge in [-0.2, -0.15) is 0 Å². The third kappa shape index (κ3) is 3.95. The molecule has 21 heavy (non-hydrogen) atoms. The van der Waals surface area contributed by atoms with Crippen molar-refractivity contribution >= 4 is 38.5 Å². The van der Waals surface area contributed by atoms with E-state index in [-0.39, 0.29) is 11.9 Å². The van der Waals surface area contributed by atoms with Crippen LogP contribution in [0.1, 0.15) is 23.2 Å². The van der Waals surface area contributed by atoms with Crippen molar-refractivity contribution in [1.29, 1.82) is 0 Å². The number of carbonyl (C=O) groups excluding carboxylic acids is 1. The van der Waals surface area contributed by atoms with Crippen LogP contribution in [0.4, 0.5) is 0 Å². The topological polar surface area (TPSA) is 57.7 Å². The van der Waals surface area contributed by atoms with Gasteiger partial charge in [0.25, 0.3) is 5.91 Å². The molecule has 5 nitrogen and oxygen atoms in total. The molecule has 1 fully saturated rings. The maximum Gasteiger partial charge on any atom is 0.254 e. The van der Waals surface area contributed by atoms with Crippen molar-refractivity contribution in [3.8, 4) is 0 Å². The highest BCUT2D eigenvalue weighted by Gasteiger charge is 2.29. The minimum atomic E-state index is -3.17. The summed E-state index contributed by atoms with van der Waals surface area (Å²) in [5.41, 5.74) is 0.716. The minimum Gasteiger partial charge on any atom is -0.338 e. The van der Waals surface area contributed by atoms with Crippen LogP contribution >= 0.6 is 22.6 Å². The lowest BCUT2D eigenvalue weighted by molar-refractivity contribution is 0.0685. The minimum absolute atomic E-state index is 0.0149. The maximum atomic E-state index is 12.5. The van der Waals surface area contributed by atoms with E-state index < -0.39 is 10.0 Å². The molecule has 0 spiro atoms. The number of carbonyl (C=O) groups is 1. The molecule has 0 saturated carbocycles. The van der Waals surface area contributed by atoms with E-state index in [0.29, 0.717) is 31.5 Å². The number of likely N-dealkylation sites (tertiary alicyclic amines) is 1. The van der Waals surface area contributed by atoms with Crippen molar-refractivity contribution in [2.24, 2.45) is 0 Å². The second-order valence-electron chi connectivity index (χ2n) is 5.28. The molecule has 0 aliphatic carbocycles. The van der Waals surface area contributed by atoms with Gasteiger partial charge in [0.05, 0.1) is 11.8 Å². The van der Waals surface area contributed by atoms with Crippen LogP contribution < -0.4 is 0 Å². The van der Waals surface area contributed by atoms with E-state index in [2.05, 4.69) is 22.6 Å². The molecule has 0 N–H and O–H groups in total. The molecule has 116 valence electrons. The van der Waals surface area contributed by atoms with Gasteiger partial charge in [-0.1, -0.05) is 12.1 Å². The van der Waals surface area contributed by atoms with Gasteiger partial charge in [0, 0.05) is 29.7 Å². The molecular formula is C14H19IN2O3S.